The van der Waals surface area contributed by atoms with E-state index in [4.69, 9.17) is 9.63 Å². The Bertz CT molecular complexity index is 207. The molecule has 2 N–H and O–H groups in total. The van der Waals surface area contributed by atoms with Gasteiger partial charge in [0.05, 0.1) is 0 Å². The third-order valence-electron chi connectivity index (χ3n) is 0.985. The van der Waals surface area contributed by atoms with Crippen LogP contribution in [0.3, 0.4) is 0 Å². The maximum absolute atomic E-state index is 8.82. The molecule has 1 rings (SSSR count). The summed E-state index contributed by atoms with van der Waals surface area (Å²) in [5.41, 5.74) is 0. The molecule has 0 saturated carbocycles. The number of aliphatic hydroxyl groups excluding tert-OH is 1. The highest BCUT2D eigenvalue weighted by Gasteiger charge is 2.00. The smallest absolute Gasteiger partial charge is 0.171 e. The zero-order chi connectivity index (χ0) is 7.56. The second-order valence-electron chi connectivity index (χ2n) is 2.14. The van der Waals surface area contributed by atoms with Gasteiger partial charge in [-0.2, -0.15) is 0 Å². The van der Waals surface area contributed by atoms with Gasteiger partial charge in [0.15, 0.2) is 5.82 Å². The average molecular weight is 142 g/mol. The van der Waals surface area contributed by atoms with Crippen LogP contribution >= 0.6 is 0 Å². The van der Waals surface area contributed by atoms with Gasteiger partial charge in [0.25, 0.3) is 0 Å². The number of aryl methyl sites for hydroxylation is 1. The molecular formula is C6H10N2O2. The maximum Gasteiger partial charge on any atom is 0.171 e. The number of aliphatic hydroxyl groups is 1. The van der Waals surface area contributed by atoms with Crippen molar-refractivity contribution >= 4 is 5.82 Å². The molecule has 0 spiro atoms. The Morgan fingerprint density at radius 1 is 1.80 bits per heavy atom. The number of hydrogen-bond acceptors (Lipinski definition) is 4. The van der Waals surface area contributed by atoms with Crippen LogP contribution in [0.5, 0.6) is 0 Å². The van der Waals surface area contributed by atoms with Crippen molar-refractivity contribution in [3.8, 4) is 0 Å². The van der Waals surface area contributed by atoms with E-state index in [1.165, 1.54) is 0 Å². The first-order chi connectivity index (χ1) is 4.68. The molecular weight excluding hydrogens is 132 g/mol. The van der Waals surface area contributed by atoms with Gasteiger partial charge in [-0.25, -0.2) is 0 Å². The summed E-state index contributed by atoms with van der Waals surface area (Å²) in [5, 5.41) is 15.1. The molecule has 0 aliphatic heterocycles. The normalized spacial score (nSPS) is 13.1. The highest BCUT2D eigenvalue weighted by Crippen LogP contribution is 2.06. The van der Waals surface area contributed by atoms with Crippen molar-refractivity contribution in [2.45, 2.75) is 20.1 Å². The molecule has 1 aromatic heterocycles. The molecule has 0 aromatic carbocycles. The van der Waals surface area contributed by atoms with Crippen LogP contribution in [0.2, 0.25) is 0 Å². The lowest BCUT2D eigenvalue weighted by Crippen LogP contribution is -2.13. The molecule has 4 nitrogen and oxygen atoms in total. The Kier molecular flexibility index (Phi) is 1.91. The van der Waals surface area contributed by atoms with Gasteiger partial charge >= 0.3 is 0 Å². The van der Waals surface area contributed by atoms with E-state index in [0.717, 1.165) is 5.76 Å². The molecule has 1 unspecified atom stereocenters. The van der Waals surface area contributed by atoms with Gasteiger partial charge in [-0.1, -0.05) is 5.16 Å². The molecule has 0 radical (unpaired) electrons. The van der Waals surface area contributed by atoms with Gasteiger partial charge in [0, 0.05) is 6.07 Å². The Morgan fingerprint density at radius 3 is 2.90 bits per heavy atom. The number of rotatable bonds is 2. The lowest BCUT2D eigenvalue weighted by molar-refractivity contribution is 0.223. The summed E-state index contributed by atoms with van der Waals surface area (Å²) in [6.07, 6.45) is -0.593. The molecule has 0 fully saturated rings. The fourth-order valence-electron chi connectivity index (χ4n) is 0.648. The number of hydrogen-bond donors (Lipinski definition) is 2. The zero-order valence-electron chi connectivity index (χ0n) is 5.96. The molecule has 0 aliphatic rings. The zero-order valence-corrected chi connectivity index (χ0v) is 5.96. The summed E-state index contributed by atoms with van der Waals surface area (Å²) in [6, 6.07) is 1.72. The SMILES string of the molecule is Cc1cc(NC(C)O)no1. The lowest BCUT2D eigenvalue weighted by Gasteiger charge is -2.02. The van der Waals surface area contributed by atoms with Crippen LogP contribution in [0.4, 0.5) is 5.82 Å². The van der Waals surface area contributed by atoms with Crippen LogP contribution in [0.15, 0.2) is 10.6 Å². The van der Waals surface area contributed by atoms with Crippen LogP contribution in [0.25, 0.3) is 0 Å². The van der Waals surface area contributed by atoms with E-state index in [2.05, 4.69) is 10.5 Å². The van der Waals surface area contributed by atoms with E-state index < -0.39 is 6.23 Å². The molecule has 1 atom stereocenters. The molecule has 0 saturated heterocycles. The maximum atomic E-state index is 8.82. The van der Waals surface area contributed by atoms with Gasteiger partial charge in [-0.05, 0) is 13.8 Å². The predicted molar refractivity (Wildman–Crippen MR) is 36.5 cm³/mol. The molecule has 0 aliphatic carbocycles. The van der Waals surface area contributed by atoms with Gasteiger partial charge < -0.3 is 14.9 Å². The highest BCUT2D eigenvalue weighted by atomic mass is 16.5. The molecule has 56 valence electrons. The van der Waals surface area contributed by atoms with E-state index in [0.29, 0.717) is 5.82 Å². The second-order valence-corrected chi connectivity index (χ2v) is 2.14. The first-order valence-corrected chi connectivity index (χ1v) is 3.06. The van der Waals surface area contributed by atoms with Crippen molar-refractivity contribution < 1.29 is 9.63 Å². The van der Waals surface area contributed by atoms with Gasteiger partial charge in [0.2, 0.25) is 0 Å². The second kappa shape index (κ2) is 2.70. The highest BCUT2D eigenvalue weighted by molar-refractivity contribution is 5.33. The number of aromatic nitrogens is 1. The van der Waals surface area contributed by atoms with E-state index >= 15 is 0 Å². The Morgan fingerprint density at radius 2 is 2.50 bits per heavy atom. The quantitative estimate of drug-likeness (QED) is 0.598. The standard InChI is InChI=1S/C6H10N2O2/c1-4-3-6(8-10-4)7-5(2)9/h3,5,9H,1-2H3,(H,7,8). The summed E-state index contributed by atoms with van der Waals surface area (Å²) >= 11 is 0. The van der Waals surface area contributed by atoms with E-state index in [1.54, 1.807) is 19.9 Å². The van der Waals surface area contributed by atoms with Crippen molar-refractivity contribution in [1.29, 1.82) is 0 Å². The van der Waals surface area contributed by atoms with E-state index in [1.807, 2.05) is 0 Å². The summed E-state index contributed by atoms with van der Waals surface area (Å²) in [5.74, 6) is 1.29. The molecule has 0 bridgehead atoms. The van der Waals surface area contributed by atoms with Crippen LogP contribution in [-0.2, 0) is 0 Å². The lowest BCUT2D eigenvalue weighted by atomic mass is 10.5. The van der Waals surface area contributed by atoms with E-state index in [9.17, 15) is 0 Å². The predicted octanol–water partition coefficient (Wildman–Crippen LogP) is 0.733. The molecule has 1 aromatic rings. The van der Waals surface area contributed by atoms with Crippen LogP contribution in [-0.4, -0.2) is 16.5 Å². The fourth-order valence-corrected chi connectivity index (χ4v) is 0.648. The monoisotopic (exact) mass is 142 g/mol. The molecule has 0 amide bonds. The molecule has 10 heavy (non-hydrogen) atoms. The van der Waals surface area contributed by atoms with Gasteiger partial charge in [-0.3, -0.25) is 0 Å². The van der Waals surface area contributed by atoms with Crippen molar-refractivity contribution in [1.82, 2.24) is 5.16 Å². The first-order valence-electron chi connectivity index (χ1n) is 3.06. The molecule has 4 heteroatoms. The number of anilines is 1. The number of nitrogens with zero attached hydrogens (tertiary/aromatic N) is 1. The fraction of sp³-hybridized carbons (Fsp3) is 0.500. The Hall–Kier alpha value is -1.03. The van der Waals surface area contributed by atoms with Crippen molar-refractivity contribution in [3.05, 3.63) is 11.8 Å². The number of nitrogens with one attached hydrogen (secondary N) is 1. The van der Waals surface area contributed by atoms with Gasteiger partial charge in [-0.15, -0.1) is 0 Å². The third-order valence-corrected chi connectivity index (χ3v) is 0.985. The van der Waals surface area contributed by atoms with E-state index in [-0.39, 0.29) is 0 Å². The largest absolute Gasteiger partial charge is 0.374 e. The Balaban J connectivity index is 2.58. The summed E-state index contributed by atoms with van der Waals surface area (Å²) in [4.78, 5) is 0. The molecule has 1 heterocycles. The third kappa shape index (κ3) is 1.73. The topological polar surface area (TPSA) is 58.3 Å². The average Bonchev–Trinajstić information content (AvgIpc) is 2.13. The minimum absolute atomic E-state index is 0.563. The van der Waals surface area contributed by atoms with Gasteiger partial charge in [0.1, 0.15) is 12.0 Å². The van der Waals surface area contributed by atoms with Crippen molar-refractivity contribution in [3.63, 3.8) is 0 Å². The Labute approximate surface area is 58.8 Å². The summed E-state index contributed by atoms with van der Waals surface area (Å²) < 4.78 is 4.74. The summed E-state index contributed by atoms with van der Waals surface area (Å²) in [6.45, 7) is 3.41. The minimum atomic E-state index is -0.593. The first kappa shape index (κ1) is 7.08. The van der Waals surface area contributed by atoms with Crippen molar-refractivity contribution in [2.75, 3.05) is 5.32 Å². The van der Waals surface area contributed by atoms with Crippen LogP contribution < -0.4 is 5.32 Å². The summed E-state index contributed by atoms with van der Waals surface area (Å²) in [7, 11) is 0. The van der Waals surface area contributed by atoms with Crippen LogP contribution in [0.1, 0.15) is 12.7 Å². The van der Waals surface area contributed by atoms with Crippen LogP contribution in [0, 0.1) is 6.92 Å². The minimum Gasteiger partial charge on any atom is -0.374 e. The van der Waals surface area contributed by atoms with Crippen molar-refractivity contribution in [2.24, 2.45) is 0 Å².